The monoisotopic (exact) mass is 355 g/mol. The van der Waals surface area contributed by atoms with E-state index in [0.717, 1.165) is 21.8 Å². The van der Waals surface area contributed by atoms with Crippen molar-refractivity contribution in [1.29, 1.82) is 0 Å². The number of aromatic nitrogens is 1. The second-order valence-electron chi connectivity index (χ2n) is 5.12. The van der Waals surface area contributed by atoms with Crippen molar-refractivity contribution >= 4 is 17.3 Å². The Morgan fingerprint density at radius 2 is 1.76 bits per heavy atom. The molecule has 2 aromatic carbocycles. The average Bonchev–Trinajstić information content (AvgIpc) is 3.15. The summed E-state index contributed by atoms with van der Waals surface area (Å²) in [5.41, 5.74) is 2.84. The minimum atomic E-state index is -0.381. The molecular formula is C19H17NO4S. The number of methoxy groups -OCH3 is 2. The van der Waals surface area contributed by atoms with Crippen molar-refractivity contribution in [2.24, 2.45) is 0 Å². The van der Waals surface area contributed by atoms with Crippen molar-refractivity contribution in [2.75, 3.05) is 21.0 Å². The lowest BCUT2D eigenvalue weighted by atomic mass is 10.1. The van der Waals surface area contributed by atoms with Gasteiger partial charge in [0.2, 0.25) is 0 Å². The lowest BCUT2D eigenvalue weighted by Crippen LogP contribution is -2.03. The summed E-state index contributed by atoms with van der Waals surface area (Å²) in [6.07, 6.45) is 0. The van der Waals surface area contributed by atoms with Gasteiger partial charge >= 0.3 is 5.97 Å². The molecule has 0 aliphatic carbocycles. The maximum atomic E-state index is 12.0. The van der Waals surface area contributed by atoms with Crippen LogP contribution in [0.2, 0.25) is 0 Å². The highest BCUT2D eigenvalue weighted by Crippen LogP contribution is 2.35. The molecule has 0 fully saturated rings. The van der Waals surface area contributed by atoms with E-state index in [0.29, 0.717) is 11.3 Å². The van der Waals surface area contributed by atoms with Gasteiger partial charge in [-0.2, -0.15) is 0 Å². The van der Waals surface area contributed by atoms with Crippen LogP contribution in [0.1, 0.15) is 10.4 Å². The molecule has 5 nitrogen and oxygen atoms in total. The maximum Gasteiger partial charge on any atom is 0.338 e. The normalized spacial score (nSPS) is 10.5. The van der Waals surface area contributed by atoms with Gasteiger partial charge in [-0.1, -0.05) is 30.3 Å². The van der Waals surface area contributed by atoms with Crippen LogP contribution in [-0.2, 0) is 9.47 Å². The molecule has 128 valence electrons. The molecule has 25 heavy (non-hydrogen) atoms. The first-order valence-electron chi connectivity index (χ1n) is 7.59. The summed E-state index contributed by atoms with van der Waals surface area (Å²) in [6.45, 7) is 0.167. The zero-order valence-electron chi connectivity index (χ0n) is 13.9. The molecule has 0 aliphatic rings. The van der Waals surface area contributed by atoms with Gasteiger partial charge in [-0.15, -0.1) is 11.3 Å². The molecule has 6 heteroatoms. The van der Waals surface area contributed by atoms with Crippen LogP contribution >= 0.6 is 11.3 Å². The summed E-state index contributed by atoms with van der Waals surface area (Å²) in [7, 11) is 2.95. The number of rotatable bonds is 6. The molecule has 0 N–H and O–H groups in total. The Hall–Kier alpha value is -2.70. The smallest absolute Gasteiger partial charge is 0.338 e. The summed E-state index contributed by atoms with van der Waals surface area (Å²) in [4.78, 5) is 16.7. The van der Waals surface area contributed by atoms with Crippen molar-refractivity contribution < 1.29 is 19.0 Å². The van der Waals surface area contributed by atoms with Crippen LogP contribution < -0.4 is 4.74 Å². The second-order valence-corrected chi connectivity index (χ2v) is 5.98. The van der Waals surface area contributed by atoms with Gasteiger partial charge in [0.15, 0.2) is 6.79 Å². The molecule has 0 aliphatic heterocycles. The Morgan fingerprint density at radius 3 is 2.52 bits per heavy atom. The number of carbonyl (C=O) groups excluding carboxylic acids is 1. The molecule has 0 unspecified atom stereocenters. The zero-order valence-corrected chi connectivity index (χ0v) is 14.7. The third kappa shape index (κ3) is 3.70. The number of hydrogen-bond donors (Lipinski definition) is 0. The van der Waals surface area contributed by atoms with E-state index in [1.54, 1.807) is 19.2 Å². The molecule has 0 bridgehead atoms. The molecule has 0 atom stereocenters. The topological polar surface area (TPSA) is 57.7 Å². The number of esters is 1. The fourth-order valence-electron chi connectivity index (χ4n) is 2.41. The fraction of sp³-hybridized carbons (Fsp3) is 0.158. The summed E-state index contributed by atoms with van der Waals surface area (Å²) < 4.78 is 15.4. The van der Waals surface area contributed by atoms with Gasteiger partial charge in [0.05, 0.1) is 23.9 Å². The van der Waals surface area contributed by atoms with E-state index in [-0.39, 0.29) is 12.8 Å². The highest BCUT2D eigenvalue weighted by molar-refractivity contribution is 7.13. The first kappa shape index (κ1) is 17.1. The Labute approximate surface area is 149 Å². The van der Waals surface area contributed by atoms with E-state index < -0.39 is 0 Å². The molecule has 1 aromatic heterocycles. The van der Waals surface area contributed by atoms with Gasteiger partial charge in [-0.3, -0.25) is 0 Å². The van der Waals surface area contributed by atoms with Crippen LogP contribution in [0.25, 0.3) is 21.8 Å². The quantitative estimate of drug-likeness (QED) is 0.489. The van der Waals surface area contributed by atoms with Gasteiger partial charge in [-0.25, -0.2) is 9.78 Å². The molecule has 3 rings (SSSR count). The number of nitrogens with zero attached hydrogens (tertiary/aromatic N) is 1. The first-order chi connectivity index (χ1) is 12.2. The number of carbonyl (C=O) groups is 1. The maximum absolute atomic E-state index is 12.0. The summed E-state index contributed by atoms with van der Waals surface area (Å²) >= 11 is 1.49. The third-order valence-electron chi connectivity index (χ3n) is 3.56. The van der Waals surface area contributed by atoms with Crippen LogP contribution in [0.5, 0.6) is 5.75 Å². The first-order valence-corrected chi connectivity index (χ1v) is 8.47. The molecule has 0 radical (unpaired) electrons. The Balaban J connectivity index is 1.99. The molecule has 0 saturated carbocycles. The van der Waals surface area contributed by atoms with Crippen molar-refractivity contribution in [2.45, 2.75) is 0 Å². The van der Waals surface area contributed by atoms with E-state index in [1.165, 1.54) is 18.4 Å². The van der Waals surface area contributed by atoms with Crippen molar-refractivity contribution in [1.82, 2.24) is 4.98 Å². The number of para-hydroxylation sites is 1. The summed E-state index contributed by atoms with van der Waals surface area (Å²) in [5.74, 6) is 0.320. The van der Waals surface area contributed by atoms with Crippen LogP contribution in [0.3, 0.4) is 0 Å². The number of hydrogen-bond acceptors (Lipinski definition) is 6. The Kier molecular flexibility index (Phi) is 5.42. The fourth-order valence-corrected chi connectivity index (χ4v) is 3.26. The lowest BCUT2D eigenvalue weighted by Gasteiger charge is -2.08. The lowest BCUT2D eigenvalue weighted by molar-refractivity contribution is 0.0515. The largest absolute Gasteiger partial charge is 0.467 e. The molecule has 0 spiro atoms. The Bertz CT molecular complexity index is 875. The Morgan fingerprint density at radius 1 is 1.04 bits per heavy atom. The van der Waals surface area contributed by atoms with Crippen molar-refractivity contribution in [3.05, 3.63) is 59.5 Å². The standard InChI is InChI=1S/C19H17NO4S/c1-22-12-24-17-10-6-5-9-15(17)18-20-16(11-25-18)13-7-3-4-8-14(13)19(21)23-2/h3-11H,12H2,1-2H3. The predicted molar refractivity (Wildman–Crippen MR) is 96.8 cm³/mol. The second kappa shape index (κ2) is 7.92. The summed E-state index contributed by atoms with van der Waals surface area (Å²) in [6, 6.07) is 14.9. The minimum absolute atomic E-state index is 0.167. The van der Waals surface area contributed by atoms with E-state index in [2.05, 4.69) is 4.98 Å². The van der Waals surface area contributed by atoms with Gasteiger partial charge in [-0.05, 0) is 18.2 Å². The van der Waals surface area contributed by atoms with Gasteiger partial charge in [0, 0.05) is 18.1 Å². The number of benzene rings is 2. The van der Waals surface area contributed by atoms with Gasteiger partial charge in [0.25, 0.3) is 0 Å². The van der Waals surface area contributed by atoms with Crippen LogP contribution in [0.4, 0.5) is 0 Å². The molecule has 0 amide bonds. The van der Waals surface area contributed by atoms with E-state index in [9.17, 15) is 4.79 Å². The molecule has 1 heterocycles. The average molecular weight is 355 g/mol. The van der Waals surface area contributed by atoms with Gasteiger partial charge in [0.1, 0.15) is 10.8 Å². The highest BCUT2D eigenvalue weighted by Gasteiger charge is 2.16. The molecular weight excluding hydrogens is 338 g/mol. The number of ether oxygens (including phenoxy) is 3. The van der Waals surface area contributed by atoms with Crippen molar-refractivity contribution in [3.8, 4) is 27.6 Å². The SMILES string of the molecule is COCOc1ccccc1-c1nc(-c2ccccc2C(=O)OC)cs1. The van der Waals surface area contributed by atoms with Crippen molar-refractivity contribution in [3.63, 3.8) is 0 Å². The zero-order chi connectivity index (χ0) is 17.6. The highest BCUT2D eigenvalue weighted by atomic mass is 32.1. The minimum Gasteiger partial charge on any atom is -0.467 e. The van der Waals surface area contributed by atoms with E-state index in [1.807, 2.05) is 41.8 Å². The predicted octanol–water partition coefficient (Wildman–Crippen LogP) is 4.25. The van der Waals surface area contributed by atoms with Crippen LogP contribution in [0.15, 0.2) is 53.9 Å². The van der Waals surface area contributed by atoms with Gasteiger partial charge < -0.3 is 14.2 Å². The van der Waals surface area contributed by atoms with Crippen LogP contribution in [-0.4, -0.2) is 32.0 Å². The summed E-state index contributed by atoms with van der Waals surface area (Å²) in [5, 5.41) is 2.73. The van der Waals surface area contributed by atoms with E-state index in [4.69, 9.17) is 14.2 Å². The number of thiazole rings is 1. The third-order valence-corrected chi connectivity index (χ3v) is 4.44. The van der Waals surface area contributed by atoms with Crippen LogP contribution in [0, 0.1) is 0 Å². The molecule has 3 aromatic rings. The van der Waals surface area contributed by atoms with E-state index >= 15 is 0 Å². The molecule has 0 saturated heterocycles.